The summed E-state index contributed by atoms with van der Waals surface area (Å²) in [6.45, 7) is 5.42. The monoisotopic (exact) mass is 351 g/mol. The van der Waals surface area contributed by atoms with Crippen molar-refractivity contribution >= 4 is 29.3 Å². The predicted molar refractivity (Wildman–Crippen MR) is 94.3 cm³/mol. The van der Waals surface area contributed by atoms with Gasteiger partial charge in [0.1, 0.15) is 12.4 Å². The first-order chi connectivity index (χ1) is 10.9. The van der Waals surface area contributed by atoms with Crippen LogP contribution in [0.1, 0.15) is 29.8 Å². The molecule has 4 nitrogen and oxygen atoms in total. The number of benzene rings is 1. The highest BCUT2D eigenvalue weighted by molar-refractivity contribution is 6.36. The fraction of sp³-hybridized carbons (Fsp3) is 0.353. The van der Waals surface area contributed by atoms with Crippen LogP contribution in [-0.4, -0.2) is 22.9 Å². The highest BCUT2D eigenvalue weighted by Crippen LogP contribution is 2.36. The Balaban J connectivity index is 1.71. The molecule has 0 radical (unpaired) electrons. The number of hydrogen-bond acceptors (Lipinski definition) is 3. The Hall–Kier alpha value is -1.49. The predicted octanol–water partition coefficient (Wildman–Crippen LogP) is 4.16. The molecule has 1 aliphatic rings. The molecule has 1 unspecified atom stereocenters. The molecular formula is C17H19Cl2N3O. The molecule has 1 atom stereocenters. The maximum absolute atomic E-state index is 6.16. The Morgan fingerprint density at radius 1 is 1.39 bits per heavy atom. The van der Waals surface area contributed by atoms with E-state index in [9.17, 15) is 0 Å². The molecule has 0 amide bonds. The van der Waals surface area contributed by atoms with Gasteiger partial charge in [-0.3, -0.25) is 4.68 Å². The summed E-state index contributed by atoms with van der Waals surface area (Å²) in [7, 11) is 1.94. The Kier molecular flexibility index (Phi) is 4.67. The van der Waals surface area contributed by atoms with E-state index in [1.807, 2.05) is 30.9 Å². The summed E-state index contributed by atoms with van der Waals surface area (Å²) in [5.41, 5.74) is 4.33. The van der Waals surface area contributed by atoms with E-state index in [2.05, 4.69) is 23.4 Å². The van der Waals surface area contributed by atoms with Crippen molar-refractivity contribution in [2.45, 2.75) is 19.9 Å². The van der Waals surface area contributed by atoms with Crippen LogP contribution in [0.3, 0.4) is 0 Å². The van der Waals surface area contributed by atoms with Crippen LogP contribution in [0.25, 0.3) is 6.08 Å². The molecule has 23 heavy (non-hydrogen) atoms. The van der Waals surface area contributed by atoms with E-state index in [4.69, 9.17) is 27.9 Å². The number of nitrogens with one attached hydrogen (secondary N) is 1. The Labute approximate surface area is 146 Å². The summed E-state index contributed by atoms with van der Waals surface area (Å²) in [5, 5.41) is 9.06. The topological polar surface area (TPSA) is 39.1 Å². The van der Waals surface area contributed by atoms with Crippen molar-refractivity contribution in [3.05, 3.63) is 50.8 Å². The lowest BCUT2D eigenvalue weighted by Gasteiger charge is -2.21. The van der Waals surface area contributed by atoms with Crippen molar-refractivity contribution < 1.29 is 4.74 Å². The normalized spacial score (nSPS) is 14.9. The zero-order valence-corrected chi connectivity index (χ0v) is 14.9. The quantitative estimate of drug-likeness (QED) is 0.898. The molecular weight excluding hydrogens is 333 g/mol. The average molecular weight is 352 g/mol. The van der Waals surface area contributed by atoms with Gasteiger partial charge in [0.25, 0.3) is 0 Å². The molecule has 0 bridgehead atoms. The number of fused-ring (bicyclic) bond motifs is 1. The van der Waals surface area contributed by atoms with Crippen LogP contribution in [0.5, 0.6) is 5.75 Å². The van der Waals surface area contributed by atoms with E-state index in [0.717, 1.165) is 23.4 Å². The second-order valence-corrected chi connectivity index (χ2v) is 6.69. The standard InChI is InChI=1S/C17H19Cl2N3O/c1-10(15-8-22(3)21-11(15)2)20-7-12-4-13-5-14(18)6-16(19)17(13)23-9-12/h4-6,8,10,20H,7,9H2,1-3H3. The number of hydrogen-bond donors (Lipinski definition) is 1. The van der Waals surface area contributed by atoms with Gasteiger partial charge in [-0.15, -0.1) is 0 Å². The zero-order valence-electron chi connectivity index (χ0n) is 13.4. The molecule has 122 valence electrons. The van der Waals surface area contributed by atoms with Crippen molar-refractivity contribution in [2.24, 2.45) is 7.05 Å². The van der Waals surface area contributed by atoms with Gasteiger partial charge in [0, 0.05) is 42.0 Å². The van der Waals surface area contributed by atoms with Gasteiger partial charge in [-0.05, 0) is 37.6 Å². The largest absolute Gasteiger partial charge is 0.487 e. The number of rotatable bonds is 4. The molecule has 2 heterocycles. The van der Waals surface area contributed by atoms with Gasteiger partial charge in [-0.1, -0.05) is 23.2 Å². The van der Waals surface area contributed by atoms with E-state index >= 15 is 0 Å². The molecule has 0 spiro atoms. The van der Waals surface area contributed by atoms with Crippen molar-refractivity contribution in [1.29, 1.82) is 0 Å². The third-order valence-corrected chi connectivity index (χ3v) is 4.45. The Bertz CT molecular complexity index is 767. The summed E-state index contributed by atoms with van der Waals surface area (Å²) in [4.78, 5) is 0. The summed E-state index contributed by atoms with van der Waals surface area (Å²) in [6.07, 6.45) is 4.14. The summed E-state index contributed by atoms with van der Waals surface area (Å²) < 4.78 is 7.61. The average Bonchev–Trinajstić information content (AvgIpc) is 2.83. The molecule has 0 aliphatic carbocycles. The Morgan fingerprint density at radius 3 is 2.87 bits per heavy atom. The van der Waals surface area contributed by atoms with Crippen LogP contribution in [0.2, 0.25) is 10.0 Å². The SMILES string of the molecule is Cc1nn(C)cc1C(C)NCC1=Cc2cc(Cl)cc(Cl)c2OC1. The molecule has 1 aromatic carbocycles. The molecule has 6 heteroatoms. The number of halogens is 2. The smallest absolute Gasteiger partial charge is 0.145 e. The maximum atomic E-state index is 6.16. The fourth-order valence-corrected chi connectivity index (χ4v) is 3.37. The second kappa shape index (κ2) is 6.56. The minimum atomic E-state index is 0.217. The maximum Gasteiger partial charge on any atom is 0.145 e. The lowest BCUT2D eigenvalue weighted by atomic mass is 10.1. The van der Waals surface area contributed by atoms with E-state index < -0.39 is 0 Å². The van der Waals surface area contributed by atoms with Gasteiger partial charge in [0.15, 0.2) is 0 Å². The highest BCUT2D eigenvalue weighted by Gasteiger charge is 2.17. The first kappa shape index (κ1) is 16.4. The third kappa shape index (κ3) is 3.55. The molecule has 1 aromatic heterocycles. The van der Waals surface area contributed by atoms with Crippen LogP contribution >= 0.6 is 23.2 Å². The number of ether oxygens (including phenoxy) is 1. The van der Waals surface area contributed by atoms with Gasteiger partial charge in [-0.2, -0.15) is 5.10 Å². The van der Waals surface area contributed by atoms with E-state index in [1.165, 1.54) is 5.56 Å². The number of nitrogens with zero attached hydrogens (tertiary/aromatic N) is 2. The molecule has 0 saturated carbocycles. The molecule has 1 N–H and O–H groups in total. The van der Waals surface area contributed by atoms with Gasteiger partial charge >= 0.3 is 0 Å². The summed E-state index contributed by atoms with van der Waals surface area (Å²) in [5.74, 6) is 0.705. The van der Waals surface area contributed by atoms with Crippen molar-refractivity contribution in [1.82, 2.24) is 15.1 Å². The van der Waals surface area contributed by atoms with E-state index in [-0.39, 0.29) is 6.04 Å². The molecule has 1 aliphatic heterocycles. The van der Waals surface area contributed by atoms with Gasteiger partial charge in [-0.25, -0.2) is 0 Å². The second-order valence-electron chi connectivity index (χ2n) is 5.84. The van der Waals surface area contributed by atoms with Gasteiger partial charge in [0.2, 0.25) is 0 Å². The van der Waals surface area contributed by atoms with Crippen molar-refractivity contribution in [3.8, 4) is 5.75 Å². The fourth-order valence-electron chi connectivity index (χ4n) is 2.81. The summed E-state index contributed by atoms with van der Waals surface area (Å²) in [6, 6.07) is 3.79. The molecule has 0 fully saturated rings. The lowest BCUT2D eigenvalue weighted by Crippen LogP contribution is -2.24. The highest BCUT2D eigenvalue weighted by atomic mass is 35.5. The first-order valence-electron chi connectivity index (χ1n) is 7.49. The van der Waals surface area contributed by atoms with Crippen LogP contribution in [0.4, 0.5) is 0 Å². The van der Waals surface area contributed by atoms with Crippen molar-refractivity contribution in [2.75, 3.05) is 13.2 Å². The van der Waals surface area contributed by atoms with E-state index in [0.29, 0.717) is 22.4 Å². The van der Waals surface area contributed by atoms with Gasteiger partial charge < -0.3 is 10.1 Å². The van der Waals surface area contributed by atoms with Crippen LogP contribution in [0.15, 0.2) is 23.9 Å². The zero-order chi connectivity index (χ0) is 16.6. The van der Waals surface area contributed by atoms with Crippen LogP contribution in [0, 0.1) is 6.92 Å². The minimum Gasteiger partial charge on any atom is -0.487 e. The van der Waals surface area contributed by atoms with Crippen LogP contribution < -0.4 is 10.1 Å². The molecule has 3 rings (SSSR count). The molecule has 2 aromatic rings. The van der Waals surface area contributed by atoms with Crippen LogP contribution in [-0.2, 0) is 7.05 Å². The number of aromatic nitrogens is 2. The van der Waals surface area contributed by atoms with Crippen molar-refractivity contribution in [3.63, 3.8) is 0 Å². The first-order valence-corrected chi connectivity index (χ1v) is 8.24. The summed E-state index contributed by atoms with van der Waals surface area (Å²) >= 11 is 12.2. The lowest BCUT2D eigenvalue weighted by molar-refractivity contribution is 0.342. The van der Waals surface area contributed by atoms with E-state index in [1.54, 1.807) is 6.07 Å². The van der Waals surface area contributed by atoms with Gasteiger partial charge in [0.05, 0.1) is 10.7 Å². The minimum absolute atomic E-state index is 0.217. The number of aryl methyl sites for hydroxylation is 2. The molecule has 0 saturated heterocycles. The third-order valence-electron chi connectivity index (χ3n) is 3.95. The Morgan fingerprint density at radius 2 is 2.17 bits per heavy atom.